The number of carbonyl (C=O) groups excluding carboxylic acids is 1. The van der Waals surface area contributed by atoms with Gasteiger partial charge in [0.25, 0.3) is 0 Å². The van der Waals surface area contributed by atoms with Crippen LogP contribution in [-0.4, -0.2) is 33.7 Å². The van der Waals surface area contributed by atoms with Crippen molar-refractivity contribution in [3.63, 3.8) is 0 Å². The van der Waals surface area contributed by atoms with Crippen LogP contribution in [-0.2, 0) is 14.8 Å². The maximum Gasteiger partial charge on any atom is 0.243 e. The van der Waals surface area contributed by atoms with E-state index in [2.05, 4.69) is 5.32 Å². The minimum absolute atomic E-state index is 0.384. The van der Waals surface area contributed by atoms with E-state index in [1.165, 1.54) is 20.0 Å². The van der Waals surface area contributed by atoms with E-state index in [0.29, 0.717) is 10.7 Å². The van der Waals surface area contributed by atoms with Gasteiger partial charge in [-0.05, 0) is 31.5 Å². The van der Waals surface area contributed by atoms with Crippen LogP contribution in [0.4, 0.5) is 5.69 Å². The number of aryl methyl sites for hydroxylation is 1. The number of hydrogen-bond acceptors (Lipinski definition) is 3. The molecule has 0 heterocycles. The predicted molar refractivity (Wildman–Crippen MR) is 77.0 cm³/mol. The fraction of sp³-hybridized carbons (Fsp3) is 0.417. The van der Waals surface area contributed by atoms with Crippen molar-refractivity contribution in [3.8, 4) is 0 Å². The summed E-state index contributed by atoms with van der Waals surface area (Å²) in [6.07, 6.45) is 1.06. The molecule has 1 rings (SSSR count). The van der Waals surface area contributed by atoms with E-state index in [9.17, 15) is 13.2 Å². The lowest BCUT2D eigenvalue weighted by molar-refractivity contribution is -0.121. The molecule has 1 unspecified atom stereocenters. The molecule has 0 aromatic heterocycles. The van der Waals surface area contributed by atoms with Gasteiger partial charge in [0.15, 0.2) is 0 Å². The Kier molecular flexibility index (Phi) is 4.81. The zero-order chi connectivity index (χ0) is 14.8. The first-order valence-electron chi connectivity index (χ1n) is 5.65. The summed E-state index contributed by atoms with van der Waals surface area (Å²) in [7, 11) is -2.14. The molecule has 106 valence electrons. The number of carbonyl (C=O) groups is 1. The van der Waals surface area contributed by atoms with Crippen molar-refractivity contribution in [1.29, 1.82) is 0 Å². The first-order chi connectivity index (χ1) is 8.68. The molecule has 1 atom stereocenters. The van der Waals surface area contributed by atoms with Crippen LogP contribution in [0.1, 0.15) is 12.5 Å². The lowest BCUT2D eigenvalue weighted by atomic mass is 10.2. The molecule has 0 aliphatic carbocycles. The van der Waals surface area contributed by atoms with Crippen LogP contribution in [0, 0.1) is 6.92 Å². The van der Waals surface area contributed by atoms with Crippen molar-refractivity contribution in [2.75, 3.05) is 17.6 Å². The zero-order valence-electron chi connectivity index (χ0n) is 11.3. The number of anilines is 1. The van der Waals surface area contributed by atoms with Gasteiger partial charge >= 0.3 is 0 Å². The molecule has 19 heavy (non-hydrogen) atoms. The Labute approximate surface area is 118 Å². The summed E-state index contributed by atoms with van der Waals surface area (Å²) >= 11 is 5.91. The van der Waals surface area contributed by atoms with E-state index >= 15 is 0 Å². The van der Waals surface area contributed by atoms with Gasteiger partial charge in [-0.2, -0.15) is 0 Å². The van der Waals surface area contributed by atoms with Crippen molar-refractivity contribution in [2.24, 2.45) is 0 Å². The van der Waals surface area contributed by atoms with Gasteiger partial charge in [0.05, 0.1) is 11.9 Å². The van der Waals surface area contributed by atoms with E-state index in [0.717, 1.165) is 16.1 Å². The van der Waals surface area contributed by atoms with E-state index in [4.69, 9.17) is 11.6 Å². The molecular weight excluding hydrogens is 288 g/mol. The molecule has 0 bridgehead atoms. The Morgan fingerprint density at radius 3 is 2.47 bits per heavy atom. The number of halogens is 1. The third kappa shape index (κ3) is 3.61. The number of nitrogens with zero attached hydrogens (tertiary/aromatic N) is 1. The van der Waals surface area contributed by atoms with Gasteiger partial charge in [0, 0.05) is 12.1 Å². The van der Waals surface area contributed by atoms with Gasteiger partial charge in [-0.25, -0.2) is 8.42 Å². The summed E-state index contributed by atoms with van der Waals surface area (Å²) in [5.41, 5.74) is 1.14. The molecule has 0 saturated heterocycles. The minimum atomic E-state index is -3.60. The normalized spacial score (nSPS) is 12.9. The first kappa shape index (κ1) is 15.8. The summed E-state index contributed by atoms with van der Waals surface area (Å²) in [6, 6.07) is 4.08. The van der Waals surface area contributed by atoms with Crippen LogP contribution in [0.3, 0.4) is 0 Å². The summed E-state index contributed by atoms with van der Waals surface area (Å²) in [4.78, 5) is 11.7. The second kappa shape index (κ2) is 5.79. The molecule has 0 saturated carbocycles. The van der Waals surface area contributed by atoms with Gasteiger partial charge < -0.3 is 5.32 Å². The van der Waals surface area contributed by atoms with E-state index < -0.39 is 16.1 Å². The molecule has 1 N–H and O–H groups in total. The summed E-state index contributed by atoms with van der Waals surface area (Å²) in [5, 5.41) is 2.86. The highest BCUT2D eigenvalue weighted by molar-refractivity contribution is 7.92. The van der Waals surface area contributed by atoms with E-state index in [-0.39, 0.29) is 5.91 Å². The Morgan fingerprint density at radius 1 is 1.42 bits per heavy atom. The first-order valence-corrected chi connectivity index (χ1v) is 7.88. The van der Waals surface area contributed by atoms with Crippen molar-refractivity contribution >= 4 is 33.2 Å². The number of likely N-dealkylation sites (N-methyl/N-ethyl adjacent to an activating group) is 1. The molecule has 0 aliphatic heterocycles. The number of benzene rings is 1. The van der Waals surface area contributed by atoms with Crippen LogP contribution in [0.2, 0.25) is 5.02 Å². The quantitative estimate of drug-likeness (QED) is 0.918. The number of nitrogens with one attached hydrogen (secondary N) is 1. The SMILES string of the molecule is CNC(=O)C(C)N(c1cc(Cl)ccc1C)S(C)(=O)=O. The third-order valence-corrected chi connectivity index (χ3v) is 4.21. The highest BCUT2D eigenvalue weighted by Gasteiger charge is 2.29. The Morgan fingerprint density at radius 2 is 2.00 bits per heavy atom. The highest BCUT2D eigenvalue weighted by Crippen LogP contribution is 2.28. The van der Waals surface area contributed by atoms with Crippen LogP contribution in [0.5, 0.6) is 0 Å². The zero-order valence-corrected chi connectivity index (χ0v) is 12.8. The second-order valence-corrected chi connectivity index (χ2v) is 6.58. The van der Waals surface area contributed by atoms with Crippen molar-refractivity contribution in [1.82, 2.24) is 5.32 Å². The molecule has 1 amide bonds. The van der Waals surface area contributed by atoms with Crippen LogP contribution in [0.25, 0.3) is 0 Å². The molecule has 1 aromatic rings. The number of rotatable bonds is 4. The lowest BCUT2D eigenvalue weighted by Crippen LogP contribution is -2.47. The average molecular weight is 305 g/mol. The Hall–Kier alpha value is -1.27. The summed E-state index contributed by atoms with van der Waals surface area (Å²) in [6.45, 7) is 3.29. The average Bonchev–Trinajstić information content (AvgIpc) is 2.31. The molecule has 1 aromatic carbocycles. The number of hydrogen-bond donors (Lipinski definition) is 1. The standard InChI is InChI=1S/C12H17ClN2O3S/c1-8-5-6-10(13)7-11(8)15(19(4,17)18)9(2)12(16)14-3/h5-7,9H,1-4H3,(H,14,16). The maximum atomic E-state index is 12.0. The Balaban J connectivity index is 3.41. The van der Waals surface area contributed by atoms with Gasteiger partial charge in [0.2, 0.25) is 15.9 Å². The predicted octanol–water partition coefficient (Wildman–Crippen LogP) is 1.55. The molecule has 0 fully saturated rings. The van der Waals surface area contributed by atoms with Gasteiger partial charge in [-0.3, -0.25) is 9.10 Å². The largest absolute Gasteiger partial charge is 0.357 e. The van der Waals surface area contributed by atoms with Crippen LogP contribution >= 0.6 is 11.6 Å². The Bertz CT molecular complexity index is 587. The molecule has 0 aliphatic rings. The topological polar surface area (TPSA) is 66.5 Å². The summed E-state index contributed by atoms with van der Waals surface area (Å²) < 4.78 is 25.0. The fourth-order valence-electron chi connectivity index (χ4n) is 1.81. The highest BCUT2D eigenvalue weighted by atomic mass is 35.5. The molecular formula is C12H17ClN2O3S. The van der Waals surface area contributed by atoms with Crippen molar-refractivity contribution in [2.45, 2.75) is 19.9 Å². The van der Waals surface area contributed by atoms with Crippen LogP contribution in [0.15, 0.2) is 18.2 Å². The van der Waals surface area contributed by atoms with Crippen molar-refractivity contribution in [3.05, 3.63) is 28.8 Å². The minimum Gasteiger partial charge on any atom is -0.357 e. The molecule has 0 spiro atoms. The van der Waals surface area contributed by atoms with Gasteiger partial charge in [0.1, 0.15) is 6.04 Å². The van der Waals surface area contributed by atoms with Crippen LogP contribution < -0.4 is 9.62 Å². The number of sulfonamides is 1. The third-order valence-electron chi connectivity index (χ3n) is 2.74. The van der Waals surface area contributed by atoms with Gasteiger partial charge in [-0.15, -0.1) is 0 Å². The number of amides is 1. The van der Waals surface area contributed by atoms with Gasteiger partial charge in [-0.1, -0.05) is 17.7 Å². The maximum absolute atomic E-state index is 12.0. The molecule has 7 heteroatoms. The molecule has 0 radical (unpaired) electrons. The van der Waals surface area contributed by atoms with Crippen molar-refractivity contribution < 1.29 is 13.2 Å². The second-order valence-electron chi connectivity index (χ2n) is 4.28. The monoisotopic (exact) mass is 304 g/mol. The van der Waals surface area contributed by atoms with E-state index in [1.807, 2.05) is 0 Å². The van der Waals surface area contributed by atoms with E-state index in [1.54, 1.807) is 19.1 Å². The summed E-state index contributed by atoms with van der Waals surface area (Å²) in [5.74, 6) is -0.384. The smallest absolute Gasteiger partial charge is 0.243 e. The fourth-order valence-corrected chi connectivity index (χ4v) is 3.20. The molecule has 5 nitrogen and oxygen atoms in total. The lowest BCUT2D eigenvalue weighted by Gasteiger charge is -2.29.